The first-order valence-corrected chi connectivity index (χ1v) is 12.3. The summed E-state index contributed by atoms with van der Waals surface area (Å²) in [6.45, 7) is 4.34. The highest BCUT2D eigenvalue weighted by atomic mass is 16.6. The van der Waals surface area contributed by atoms with E-state index < -0.39 is 17.9 Å². The van der Waals surface area contributed by atoms with Gasteiger partial charge in [0.2, 0.25) is 0 Å². The summed E-state index contributed by atoms with van der Waals surface area (Å²) in [7, 11) is 1.38. The van der Waals surface area contributed by atoms with Gasteiger partial charge in [-0.3, -0.25) is 4.79 Å². The van der Waals surface area contributed by atoms with Gasteiger partial charge in [0.25, 0.3) is 5.91 Å². The molecule has 1 fully saturated rings. The third kappa shape index (κ3) is 7.18. The number of ether oxygens (including phenoxy) is 3. The minimum Gasteiger partial charge on any atom is -0.503 e. The minimum absolute atomic E-state index is 0.0566. The number of nitrogens with one attached hydrogen (secondary N) is 1. The maximum absolute atomic E-state index is 13.0. The first-order valence-electron chi connectivity index (χ1n) is 12.3. The van der Waals surface area contributed by atoms with Gasteiger partial charge < -0.3 is 24.6 Å². The lowest BCUT2D eigenvalue weighted by atomic mass is 9.87. The molecule has 1 aromatic heterocycles. The highest BCUT2D eigenvalue weighted by Crippen LogP contribution is 2.29. The molecule has 190 valence electrons. The van der Waals surface area contributed by atoms with Gasteiger partial charge in [0.1, 0.15) is 12.1 Å². The van der Waals surface area contributed by atoms with Gasteiger partial charge in [-0.1, -0.05) is 50.1 Å². The normalized spacial score (nSPS) is 22.9. The van der Waals surface area contributed by atoms with Gasteiger partial charge in [0, 0.05) is 31.2 Å². The van der Waals surface area contributed by atoms with Crippen LogP contribution < -0.4 is 10.1 Å². The van der Waals surface area contributed by atoms with Gasteiger partial charge in [0.15, 0.2) is 17.2 Å². The van der Waals surface area contributed by atoms with Crippen molar-refractivity contribution in [2.24, 2.45) is 5.92 Å². The van der Waals surface area contributed by atoms with Crippen LogP contribution in [0.4, 0.5) is 0 Å². The summed E-state index contributed by atoms with van der Waals surface area (Å²) in [5.74, 6) is -1.39. The van der Waals surface area contributed by atoms with Crippen LogP contribution in [-0.2, 0) is 20.7 Å². The largest absolute Gasteiger partial charge is 0.503 e. The van der Waals surface area contributed by atoms with E-state index in [4.69, 9.17) is 14.2 Å². The van der Waals surface area contributed by atoms with E-state index >= 15 is 0 Å². The number of unbranched alkanes of at least 4 members (excludes halogenated alkanes) is 1. The van der Waals surface area contributed by atoms with E-state index in [1.807, 2.05) is 25.1 Å². The molecule has 0 saturated carbocycles. The van der Waals surface area contributed by atoms with Gasteiger partial charge >= 0.3 is 5.97 Å². The lowest BCUT2D eigenvalue weighted by Gasteiger charge is -2.31. The van der Waals surface area contributed by atoms with Crippen molar-refractivity contribution < 1.29 is 28.9 Å². The Morgan fingerprint density at radius 3 is 2.71 bits per heavy atom. The predicted octanol–water partition coefficient (Wildman–Crippen LogP) is 4.05. The Kier molecular flexibility index (Phi) is 9.90. The maximum atomic E-state index is 13.0. The van der Waals surface area contributed by atoms with E-state index in [1.165, 1.54) is 24.9 Å². The van der Waals surface area contributed by atoms with E-state index in [0.717, 1.165) is 32.1 Å². The van der Waals surface area contributed by atoms with Crippen LogP contribution in [0.15, 0.2) is 42.6 Å². The average molecular weight is 485 g/mol. The molecular formula is C27H36N2O6. The lowest BCUT2D eigenvalue weighted by Crippen LogP contribution is -2.44. The molecule has 3 rings (SSSR count). The average Bonchev–Trinajstić information content (AvgIpc) is 2.91. The molecule has 2 heterocycles. The summed E-state index contributed by atoms with van der Waals surface area (Å²) in [6.07, 6.45) is 5.81. The number of benzene rings is 1. The number of pyridine rings is 1. The second-order valence-corrected chi connectivity index (χ2v) is 8.91. The molecule has 1 aromatic carbocycles. The number of hydrogen-bond donors (Lipinski definition) is 2. The Labute approximate surface area is 207 Å². The molecule has 35 heavy (non-hydrogen) atoms. The number of rotatable bonds is 9. The Morgan fingerprint density at radius 1 is 1.23 bits per heavy atom. The number of aromatic nitrogens is 1. The Morgan fingerprint density at radius 2 is 2.00 bits per heavy atom. The molecule has 1 aliphatic heterocycles. The standard InChI is InChI=1S/C27H36N2O6/c1-4-5-11-20-18(2)35-27(32)21(29-26(31)24-25(30)23(33-3)14-16-28-24)15-17-34-22(20)13-12-19-9-7-6-8-10-19/h6-10,14,16,18,20-22,30H,4-5,11-13,15,17H2,1-3H3,(H,29,31)/t18-,20-,21-,22+/m0/s1. The fraction of sp³-hybridized carbons (Fsp3) is 0.519. The van der Waals surface area contributed by atoms with Crippen molar-refractivity contribution in [3.63, 3.8) is 0 Å². The molecule has 4 atom stereocenters. The molecule has 2 aromatic rings. The zero-order valence-corrected chi connectivity index (χ0v) is 20.7. The summed E-state index contributed by atoms with van der Waals surface area (Å²) in [5, 5.41) is 12.9. The summed E-state index contributed by atoms with van der Waals surface area (Å²) in [6, 6.07) is 10.8. The molecule has 0 spiro atoms. The van der Waals surface area contributed by atoms with Crippen molar-refractivity contribution in [3.05, 3.63) is 53.9 Å². The number of carbonyl (C=O) groups excluding carboxylic acids is 2. The number of carbonyl (C=O) groups is 2. The molecule has 0 radical (unpaired) electrons. The quantitative estimate of drug-likeness (QED) is 0.517. The predicted molar refractivity (Wildman–Crippen MR) is 131 cm³/mol. The van der Waals surface area contributed by atoms with Crippen molar-refractivity contribution in [2.45, 2.75) is 70.6 Å². The van der Waals surface area contributed by atoms with Gasteiger partial charge in [-0.05, 0) is 31.7 Å². The second-order valence-electron chi connectivity index (χ2n) is 8.91. The lowest BCUT2D eigenvalue weighted by molar-refractivity contribution is -0.154. The van der Waals surface area contributed by atoms with E-state index in [2.05, 4.69) is 29.4 Å². The fourth-order valence-electron chi connectivity index (χ4n) is 4.47. The second kappa shape index (κ2) is 13.1. The molecule has 0 bridgehead atoms. The number of aryl methyl sites for hydroxylation is 1. The van der Waals surface area contributed by atoms with Crippen LogP contribution >= 0.6 is 0 Å². The van der Waals surface area contributed by atoms with Crippen molar-refractivity contribution in [3.8, 4) is 11.5 Å². The molecular weight excluding hydrogens is 448 g/mol. The van der Waals surface area contributed by atoms with Crippen LogP contribution in [-0.4, -0.2) is 53.9 Å². The van der Waals surface area contributed by atoms with Gasteiger partial charge in [-0.2, -0.15) is 0 Å². The number of cyclic esters (lactones) is 1. The minimum atomic E-state index is -0.919. The summed E-state index contributed by atoms with van der Waals surface area (Å²) < 4.78 is 17.2. The zero-order valence-electron chi connectivity index (χ0n) is 20.7. The first-order chi connectivity index (χ1) is 16.9. The van der Waals surface area contributed by atoms with E-state index in [9.17, 15) is 14.7 Å². The number of esters is 1. The summed E-state index contributed by atoms with van der Waals surface area (Å²) in [5.41, 5.74) is 1.03. The maximum Gasteiger partial charge on any atom is 0.329 e. The molecule has 8 heteroatoms. The summed E-state index contributed by atoms with van der Waals surface area (Å²) >= 11 is 0. The highest BCUT2D eigenvalue weighted by molar-refractivity contribution is 5.97. The zero-order chi connectivity index (χ0) is 25.2. The monoisotopic (exact) mass is 484 g/mol. The molecule has 2 N–H and O–H groups in total. The Balaban J connectivity index is 1.73. The fourth-order valence-corrected chi connectivity index (χ4v) is 4.47. The van der Waals surface area contributed by atoms with Crippen molar-refractivity contribution in [1.82, 2.24) is 10.3 Å². The van der Waals surface area contributed by atoms with Crippen molar-refractivity contribution >= 4 is 11.9 Å². The van der Waals surface area contributed by atoms with Gasteiger partial charge in [-0.15, -0.1) is 0 Å². The molecule has 0 unspecified atom stereocenters. The van der Waals surface area contributed by atoms with Crippen LogP contribution in [0.3, 0.4) is 0 Å². The number of aromatic hydroxyl groups is 1. The van der Waals surface area contributed by atoms with Crippen LogP contribution in [0.25, 0.3) is 0 Å². The number of nitrogens with zero attached hydrogens (tertiary/aromatic N) is 1. The highest BCUT2D eigenvalue weighted by Gasteiger charge is 2.35. The van der Waals surface area contributed by atoms with E-state index in [0.29, 0.717) is 6.61 Å². The number of methoxy groups -OCH3 is 1. The van der Waals surface area contributed by atoms with E-state index in [-0.39, 0.29) is 41.7 Å². The van der Waals surface area contributed by atoms with Crippen molar-refractivity contribution in [2.75, 3.05) is 13.7 Å². The number of amides is 1. The van der Waals surface area contributed by atoms with Crippen molar-refractivity contribution in [1.29, 1.82) is 0 Å². The molecule has 1 aliphatic rings. The topological polar surface area (TPSA) is 107 Å². The smallest absolute Gasteiger partial charge is 0.329 e. The Bertz CT molecular complexity index is 967. The third-order valence-electron chi connectivity index (χ3n) is 6.48. The SMILES string of the molecule is CCCC[C@H]1[C@H](C)OC(=O)[C@@H](NC(=O)c2nccc(OC)c2O)CCO[C@@H]1CCc1ccccc1. The molecule has 1 saturated heterocycles. The first kappa shape index (κ1) is 26.5. The van der Waals surface area contributed by atoms with Gasteiger partial charge in [-0.25, -0.2) is 9.78 Å². The van der Waals surface area contributed by atoms with Crippen LogP contribution in [0, 0.1) is 5.92 Å². The molecule has 0 aliphatic carbocycles. The summed E-state index contributed by atoms with van der Waals surface area (Å²) in [4.78, 5) is 29.8. The van der Waals surface area contributed by atoms with Gasteiger partial charge in [0.05, 0.1) is 13.2 Å². The molecule has 1 amide bonds. The number of hydrogen-bond acceptors (Lipinski definition) is 7. The Hall–Kier alpha value is -3.13. The van der Waals surface area contributed by atoms with Crippen LogP contribution in [0.1, 0.15) is 62.0 Å². The van der Waals surface area contributed by atoms with E-state index in [1.54, 1.807) is 0 Å². The molecule has 8 nitrogen and oxygen atoms in total. The third-order valence-corrected chi connectivity index (χ3v) is 6.48. The van der Waals surface area contributed by atoms with Crippen LogP contribution in [0.5, 0.6) is 11.5 Å². The van der Waals surface area contributed by atoms with Crippen LogP contribution in [0.2, 0.25) is 0 Å².